The van der Waals surface area contributed by atoms with Gasteiger partial charge in [0.1, 0.15) is 12.4 Å². The Kier molecular flexibility index (Phi) is 4.24. The summed E-state index contributed by atoms with van der Waals surface area (Å²) in [5.74, 6) is -0.631. The molecule has 0 amide bonds. The van der Waals surface area contributed by atoms with Gasteiger partial charge in [-0.2, -0.15) is 0 Å². The lowest BCUT2D eigenvalue weighted by molar-refractivity contribution is 0.0640. The molecular formula is C14H13ClO4. The standard InChI is InChI=1S/C14H13ClO4/c1-9-6-11(19-13(9)14(16)17)8-18-7-10-4-2-3-5-12(10)15/h2-6H,7-8H2,1H3,(H,16,17). The van der Waals surface area contributed by atoms with E-state index in [9.17, 15) is 4.79 Å². The lowest BCUT2D eigenvalue weighted by Gasteiger charge is -2.04. The Balaban J connectivity index is 1.95. The second-order valence-corrected chi connectivity index (χ2v) is 4.52. The van der Waals surface area contributed by atoms with Crippen LogP contribution >= 0.6 is 11.6 Å². The van der Waals surface area contributed by atoms with Crippen LogP contribution in [0.15, 0.2) is 34.7 Å². The van der Waals surface area contributed by atoms with Crippen molar-refractivity contribution in [3.05, 3.63) is 58.0 Å². The molecule has 2 rings (SSSR count). The van der Waals surface area contributed by atoms with Gasteiger partial charge in [0.15, 0.2) is 0 Å². The highest BCUT2D eigenvalue weighted by molar-refractivity contribution is 6.31. The van der Waals surface area contributed by atoms with Gasteiger partial charge in [-0.1, -0.05) is 29.8 Å². The second kappa shape index (κ2) is 5.91. The molecule has 1 aromatic heterocycles. The van der Waals surface area contributed by atoms with E-state index < -0.39 is 5.97 Å². The number of furan rings is 1. The highest BCUT2D eigenvalue weighted by atomic mass is 35.5. The van der Waals surface area contributed by atoms with Gasteiger partial charge in [0.25, 0.3) is 0 Å². The average Bonchev–Trinajstić information content (AvgIpc) is 2.73. The largest absolute Gasteiger partial charge is 0.475 e. The molecule has 0 saturated heterocycles. The van der Waals surface area contributed by atoms with E-state index in [1.165, 1.54) is 0 Å². The number of ether oxygens (including phenoxy) is 1. The monoisotopic (exact) mass is 280 g/mol. The number of carboxylic acids is 1. The van der Waals surface area contributed by atoms with Crippen LogP contribution in [-0.4, -0.2) is 11.1 Å². The van der Waals surface area contributed by atoms with Crippen LogP contribution in [0.4, 0.5) is 0 Å². The zero-order valence-electron chi connectivity index (χ0n) is 10.4. The molecule has 100 valence electrons. The number of hydrogen-bond acceptors (Lipinski definition) is 3. The molecule has 0 aliphatic carbocycles. The van der Waals surface area contributed by atoms with Crippen LogP contribution in [0.1, 0.15) is 27.4 Å². The van der Waals surface area contributed by atoms with E-state index in [4.69, 9.17) is 25.9 Å². The smallest absolute Gasteiger partial charge is 0.372 e. The lowest BCUT2D eigenvalue weighted by Crippen LogP contribution is -1.95. The zero-order valence-corrected chi connectivity index (χ0v) is 11.1. The van der Waals surface area contributed by atoms with E-state index in [2.05, 4.69) is 0 Å². The van der Waals surface area contributed by atoms with Gasteiger partial charge in [0, 0.05) is 10.6 Å². The van der Waals surface area contributed by atoms with E-state index in [0.29, 0.717) is 23.0 Å². The Labute approximate surface area is 115 Å². The number of carboxylic acid groups (broad SMARTS) is 1. The molecule has 1 N–H and O–H groups in total. The number of rotatable bonds is 5. The predicted molar refractivity (Wildman–Crippen MR) is 70.3 cm³/mol. The highest BCUT2D eigenvalue weighted by Crippen LogP contribution is 2.18. The molecule has 1 heterocycles. The van der Waals surface area contributed by atoms with Crippen molar-refractivity contribution in [2.75, 3.05) is 0 Å². The summed E-state index contributed by atoms with van der Waals surface area (Å²) in [5.41, 5.74) is 1.47. The molecule has 0 fully saturated rings. The van der Waals surface area contributed by atoms with Gasteiger partial charge in [-0.25, -0.2) is 4.79 Å². The summed E-state index contributed by atoms with van der Waals surface area (Å²) < 4.78 is 10.7. The molecule has 2 aromatic rings. The molecule has 1 aromatic carbocycles. The van der Waals surface area contributed by atoms with Crippen molar-refractivity contribution in [3.8, 4) is 0 Å². The van der Waals surface area contributed by atoms with Gasteiger partial charge < -0.3 is 14.3 Å². The van der Waals surface area contributed by atoms with Crippen LogP contribution in [0.3, 0.4) is 0 Å². The Hall–Kier alpha value is -1.78. The maximum atomic E-state index is 10.8. The van der Waals surface area contributed by atoms with Crippen LogP contribution in [0.2, 0.25) is 5.02 Å². The maximum Gasteiger partial charge on any atom is 0.372 e. The molecule has 4 nitrogen and oxygen atoms in total. The molecule has 0 radical (unpaired) electrons. The quantitative estimate of drug-likeness (QED) is 0.908. The summed E-state index contributed by atoms with van der Waals surface area (Å²) in [6.45, 7) is 2.24. The number of benzene rings is 1. The molecule has 0 atom stereocenters. The van der Waals surface area contributed by atoms with Crippen molar-refractivity contribution in [3.63, 3.8) is 0 Å². The summed E-state index contributed by atoms with van der Waals surface area (Å²) in [4.78, 5) is 10.8. The van der Waals surface area contributed by atoms with E-state index in [1.54, 1.807) is 19.1 Å². The Morgan fingerprint density at radius 1 is 1.37 bits per heavy atom. The predicted octanol–water partition coefficient (Wildman–Crippen LogP) is 3.66. The van der Waals surface area contributed by atoms with Crippen molar-refractivity contribution in [2.45, 2.75) is 20.1 Å². The van der Waals surface area contributed by atoms with Gasteiger partial charge >= 0.3 is 5.97 Å². The average molecular weight is 281 g/mol. The van der Waals surface area contributed by atoms with Crippen molar-refractivity contribution < 1.29 is 19.1 Å². The van der Waals surface area contributed by atoms with Crippen molar-refractivity contribution in [1.82, 2.24) is 0 Å². The summed E-state index contributed by atoms with van der Waals surface area (Å²) in [5, 5.41) is 9.51. The number of halogens is 1. The molecule has 0 aliphatic heterocycles. The molecule has 0 spiro atoms. The maximum absolute atomic E-state index is 10.8. The summed E-state index contributed by atoms with van der Waals surface area (Å²) >= 11 is 6.00. The summed E-state index contributed by atoms with van der Waals surface area (Å²) in [7, 11) is 0. The minimum Gasteiger partial charge on any atom is -0.475 e. The highest BCUT2D eigenvalue weighted by Gasteiger charge is 2.14. The van der Waals surface area contributed by atoms with Crippen molar-refractivity contribution in [2.24, 2.45) is 0 Å². The first-order valence-electron chi connectivity index (χ1n) is 5.71. The number of carbonyl (C=O) groups is 1. The number of hydrogen-bond donors (Lipinski definition) is 1. The van der Waals surface area contributed by atoms with Crippen LogP contribution in [0.25, 0.3) is 0 Å². The van der Waals surface area contributed by atoms with Crippen molar-refractivity contribution >= 4 is 17.6 Å². The summed E-state index contributed by atoms with van der Waals surface area (Å²) in [6.07, 6.45) is 0. The lowest BCUT2D eigenvalue weighted by atomic mass is 10.2. The normalized spacial score (nSPS) is 10.6. The first-order valence-corrected chi connectivity index (χ1v) is 6.09. The van der Waals surface area contributed by atoms with Crippen molar-refractivity contribution in [1.29, 1.82) is 0 Å². The molecule has 0 saturated carbocycles. The molecule has 5 heteroatoms. The van der Waals surface area contributed by atoms with Gasteiger partial charge in [0.2, 0.25) is 5.76 Å². The zero-order chi connectivity index (χ0) is 13.8. The van der Waals surface area contributed by atoms with E-state index in [0.717, 1.165) is 5.56 Å². The molecule has 0 aliphatic rings. The fourth-order valence-corrected chi connectivity index (χ4v) is 1.90. The number of aromatic carboxylic acids is 1. The van der Waals surface area contributed by atoms with Crippen LogP contribution in [-0.2, 0) is 18.0 Å². The second-order valence-electron chi connectivity index (χ2n) is 4.11. The number of aryl methyl sites for hydroxylation is 1. The first kappa shape index (κ1) is 13.6. The van der Waals surface area contributed by atoms with Gasteiger partial charge in [-0.05, 0) is 24.6 Å². The van der Waals surface area contributed by atoms with Gasteiger partial charge in [0.05, 0.1) is 6.61 Å². The fraction of sp³-hybridized carbons (Fsp3) is 0.214. The minimum atomic E-state index is -1.07. The fourth-order valence-electron chi connectivity index (χ4n) is 1.71. The third-order valence-electron chi connectivity index (χ3n) is 2.62. The Morgan fingerprint density at radius 3 is 2.74 bits per heavy atom. The minimum absolute atomic E-state index is 0.0451. The Bertz CT molecular complexity index is 589. The first-order chi connectivity index (χ1) is 9.08. The molecule has 0 unspecified atom stereocenters. The van der Waals surface area contributed by atoms with Crippen LogP contribution in [0.5, 0.6) is 0 Å². The third-order valence-corrected chi connectivity index (χ3v) is 2.99. The molecular weight excluding hydrogens is 268 g/mol. The van der Waals surface area contributed by atoms with E-state index >= 15 is 0 Å². The molecule has 0 bridgehead atoms. The SMILES string of the molecule is Cc1cc(COCc2ccccc2Cl)oc1C(=O)O. The van der Waals surface area contributed by atoms with E-state index in [1.807, 2.05) is 18.2 Å². The van der Waals surface area contributed by atoms with Crippen LogP contribution < -0.4 is 0 Å². The van der Waals surface area contributed by atoms with Gasteiger partial charge in [-0.3, -0.25) is 0 Å². The van der Waals surface area contributed by atoms with Crippen LogP contribution in [0, 0.1) is 6.92 Å². The third kappa shape index (κ3) is 3.36. The van der Waals surface area contributed by atoms with E-state index in [-0.39, 0.29) is 12.4 Å². The topological polar surface area (TPSA) is 59.7 Å². The summed E-state index contributed by atoms with van der Waals surface area (Å²) in [6, 6.07) is 9.05. The van der Waals surface area contributed by atoms with Gasteiger partial charge in [-0.15, -0.1) is 0 Å². The molecule has 19 heavy (non-hydrogen) atoms. The Morgan fingerprint density at radius 2 is 2.11 bits per heavy atom.